The predicted molar refractivity (Wildman–Crippen MR) is 141 cm³/mol. The number of halogens is 1. The van der Waals surface area contributed by atoms with E-state index in [9.17, 15) is 4.79 Å². The lowest BCUT2D eigenvalue weighted by atomic mass is 9.92. The van der Waals surface area contributed by atoms with Crippen LogP contribution < -0.4 is 5.56 Å². The maximum atomic E-state index is 13.5. The molecule has 0 spiro atoms. The first-order chi connectivity index (χ1) is 16.7. The number of aromatic nitrogens is 2. The van der Waals surface area contributed by atoms with Crippen LogP contribution in [0.15, 0.2) is 114 Å². The minimum Gasteiger partial charge on any atom is -0.321 e. The number of benzene rings is 4. The molecule has 6 aromatic rings. The van der Waals surface area contributed by atoms with E-state index >= 15 is 0 Å². The van der Waals surface area contributed by atoms with Gasteiger partial charge in [-0.1, -0.05) is 90.5 Å². The summed E-state index contributed by atoms with van der Waals surface area (Å²) < 4.78 is 0. The molecule has 0 bridgehead atoms. The normalized spacial score (nSPS) is 11.2. The van der Waals surface area contributed by atoms with Crippen LogP contribution in [0.2, 0.25) is 5.02 Å². The maximum Gasteiger partial charge on any atom is 0.258 e. The molecule has 0 radical (unpaired) electrons. The third-order valence-corrected chi connectivity index (χ3v) is 6.36. The van der Waals surface area contributed by atoms with Crippen LogP contribution in [0.1, 0.15) is 0 Å². The van der Waals surface area contributed by atoms with Gasteiger partial charge in [-0.3, -0.25) is 4.79 Å². The smallest absolute Gasteiger partial charge is 0.258 e. The maximum absolute atomic E-state index is 13.5. The average molecular weight is 459 g/mol. The standard InChI is InChI=1S/C30H19ClN2O/c31-21-16-14-19(15-17-21)24-18-27(32-25-12-6-4-10-22(24)25)29-28(20-8-2-1-3-9-20)23-11-5-7-13-26(23)33-30(29)34/h1-18H,(H,33,34). The molecule has 2 aromatic heterocycles. The highest BCUT2D eigenvalue weighted by molar-refractivity contribution is 6.30. The van der Waals surface area contributed by atoms with Crippen LogP contribution in [0.4, 0.5) is 0 Å². The summed E-state index contributed by atoms with van der Waals surface area (Å²) in [7, 11) is 0. The number of para-hydroxylation sites is 2. The van der Waals surface area contributed by atoms with E-state index in [1.165, 1.54) is 0 Å². The van der Waals surface area contributed by atoms with E-state index in [1.807, 2.05) is 103 Å². The zero-order valence-corrected chi connectivity index (χ0v) is 18.9. The first kappa shape index (κ1) is 20.4. The van der Waals surface area contributed by atoms with Gasteiger partial charge in [0.05, 0.1) is 16.8 Å². The number of nitrogens with zero attached hydrogens (tertiary/aromatic N) is 1. The molecule has 2 heterocycles. The molecule has 6 rings (SSSR count). The van der Waals surface area contributed by atoms with E-state index in [2.05, 4.69) is 11.1 Å². The van der Waals surface area contributed by atoms with Crippen molar-refractivity contribution in [3.8, 4) is 33.5 Å². The van der Waals surface area contributed by atoms with Gasteiger partial charge in [-0.25, -0.2) is 4.98 Å². The van der Waals surface area contributed by atoms with Crippen molar-refractivity contribution in [2.75, 3.05) is 0 Å². The van der Waals surface area contributed by atoms with Crippen LogP contribution in [-0.4, -0.2) is 9.97 Å². The van der Waals surface area contributed by atoms with Gasteiger partial charge in [0.2, 0.25) is 0 Å². The van der Waals surface area contributed by atoms with Crippen LogP contribution in [0.5, 0.6) is 0 Å². The van der Waals surface area contributed by atoms with E-state index in [-0.39, 0.29) is 5.56 Å². The van der Waals surface area contributed by atoms with Crippen molar-refractivity contribution in [2.45, 2.75) is 0 Å². The number of pyridine rings is 2. The molecule has 4 aromatic carbocycles. The Hall–Kier alpha value is -4.21. The largest absolute Gasteiger partial charge is 0.321 e. The lowest BCUT2D eigenvalue weighted by molar-refractivity contribution is 1.28. The molecule has 0 aliphatic heterocycles. The Morgan fingerprint density at radius 3 is 2.12 bits per heavy atom. The summed E-state index contributed by atoms with van der Waals surface area (Å²) in [5.41, 5.74) is 6.53. The number of H-pyrrole nitrogens is 1. The van der Waals surface area contributed by atoms with E-state index in [0.29, 0.717) is 16.3 Å². The van der Waals surface area contributed by atoms with Gasteiger partial charge in [0, 0.05) is 26.9 Å². The number of nitrogens with one attached hydrogen (secondary N) is 1. The van der Waals surface area contributed by atoms with Crippen molar-refractivity contribution in [3.05, 3.63) is 125 Å². The molecular weight excluding hydrogens is 440 g/mol. The Balaban J connectivity index is 1.73. The molecule has 162 valence electrons. The summed E-state index contributed by atoms with van der Waals surface area (Å²) in [6.45, 7) is 0. The first-order valence-electron chi connectivity index (χ1n) is 11.1. The second kappa shape index (κ2) is 8.29. The van der Waals surface area contributed by atoms with Crippen molar-refractivity contribution in [3.63, 3.8) is 0 Å². The summed E-state index contributed by atoms with van der Waals surface area (Å²) in [4.78, 5) is 21.6. The molecule has 0 saturated carbocycles. The minimum absolute atomic E-state index is 0.164. The number of hydrogen-bond acceptors (Lipinski definition) is 2. The van der Waals surface area contributed by atoms with E-state index in [0.717, 1.165) is 44.1 Å². The quantitative estimate of drug-likeness (QED) is 0.295. The minimum atomic E-state index is -0.164. The van der Waals surface area contributed by atoms with Gasteiger partial charge in [-0.05, 0) is 47.0 Å². The predicted octanol–water partition coefficient (Wildman–Crippen LogP) is 7.73. The highest BCUT2D eigenvalue weighted by Crippen LogP contribution is 2.37. The fourth-order valence-electron chi connectivity index (χ4n) is 4.56. The second-order valence-corrected chi connectivity index (χ2v) is 8.63. The lowest BCUT2D eigenvalue weighted by Crippen LogP contribution is -2.12. The molecule has 0 saturated heterocycles. The molecule has 34 heavy (non-hydrogen) atoms. The van der Waals surface area contributed by atoms with Crippen molar-refractivity contribution in [1.29, 1.82) is 0 Å². The van der Waals surface area contributed by atoms with Crippen molar-refractivity contribution in [2.24, 2.45) is 0 Å². The van der Waals surface area contributed by atoms with Crippen LogP contribution in [0.25, 0.3) is 55.3 Å². The van der Waals surface area contributed by atoms with Crippen LogP contribution in [-0.2, 0) is 0 Å². The van der Waals surface area contributed by atoms with Crippen LogP contribution in [0, 0.1) is 0 Å². The van der Waals surface area contributed by atoms with Gasteiger partial charge in [0.1, 0.15) is 0 Å². The van der Waals surface area contributed by atoms with E-state index < -0.39 is 0 Å². The molecule has 0 atom stereocenters. The van der Waals surface area contributed by atoms with Crippen LogP contribution in [0.3, 0.4) is 0 Å². The number of rotatable bonds is 3. The fourth-order valence-corrected chi connectivity index (χ4v) is 4.69. The first-order valence-corrected chi connectivity index (χ1v) is 11.4. The number of aromatic amines is 1. The fraction of sp³-hybridized carbons (Fsp3) is 0. The lowest BCUT2D eigenvalue weighted by Gasteiger charge is -2.15. The molecule has 0 unspecified atom stereocenters. The average Bonchev–Trinajstić information content (AvgIpc) is 2.88. The molecule has 1 N–H and O–H groups in total. The highest BCUT2D eigenvalue weighted by atomic mass is 35.5. The molecular formula is C30H19ClN2O. The van der Waals surface area contributed by atoms with E-state index in [1.54, 1.807) is 0 Å². The van der Waals surface area contributed by atoms with Gasteiger partial charge < -0.3 is 4.98 Å². The van der Waals surface area contributed by atoms with Gasteiger partial charge >= 0.3 is 0 Å². The van der Waals surface area contributed by atoms with Crippen LogP contribution >= 0.6 is 11.6 Å². The Bertz CT molecular complexity index is 1720. The molecule has 4 heteroatoms. The zero-order chi connectivity index (χ0) is 23.1. The Labute approximate surface area is 201 Å². The second-order valence-electron chi connectivity index (χ2n) is 8.19. The Morgan fingerprint density at radius 1 is 0.647 bits per heavy atom. The summed E-state index contributed by atoms with van der Waals surface area (Å²) in [6, 6.07) is 35.7. The SMILES string of the molecule is O=c1[nH]c2ccccc2c(-c2ccccc2)c1-c1cc(-c2ccc(Cl)cc2)c2ccccc2n1. The summed E-state index contributed by atoms with van der Waals surface area (Å²) in [5, 5.41) is 2.68. The van der Waals surface area contributed by atoms with Crippen molar-refractivity contribution < 1.29 is 0 Å². The van der Waals surface area contributed by atoms with Gasteiger partial charge in [0.25, 0.3) is 5.56 Å². The Kier molecular flexibility index (Phi) is 4.97. The molecule has 0 fully saturated rings. The summed E-state index contributed by atoms with van der Waals surface area (Å²) >= 11 is 6.15. The van der Waals surface area contributed by atoms with Gasteiger partial charge in [-0.15, -0.1) is 0 Å². The molecule has 0 aliphatic carbocycles. The van der Waals surface area contributed by atoms with Crippen molar-refractivity contribution in [1.82, 2.24) is 9.97 Å². The number of fused-ring (bicyclic) bond motifs is 2. The monoisotopic (exact) mass is 458 g/mol. The third-order valence-electron chi connectivity index (χ3n) is 6.11. The summed E-state index contributed by atoms with van der Waals surface area (Å²) in [5.74, 6) is 0. The zero-order valence-electron chi connectivity index (χ0n) is 18.1. The van der Waals surface area contributed by atoms with Gasteiger partial charge in [0.15, 0.2) is 0 Å². The highest BCUT2D eigenvalue weighted by Gasteiger charge is 2.19. The molecule has 0 amide bonds. The van der Waals surface area contributed by atoms with E-state index in [4.69, 9.17) is 16.6 Å². The molecule has 3 nitrogen and oxygen atoms in total. The number of hydrogen-bond donors (Lipinski definition) is 1. The van der Waals surface area contributed by atoms with Crippen molar-refractivity contribution >= 4 is 33.4 Å². The van der Waals surface area contributed by atoms with Gasteiger partial charge in [-0.2, -0.15) is 0 Å². The Morgan fingerprint density at radius 2 is 1.32 bits per heavy atom. The topological polar surface area (TPSA) is 45.8 Å². The summed E-state index contributed by atoms with van der Waals surface area (Å²) in [6.07, 6.45) is 0. The molecule has 0 aliphatic rings. The third kappa shape index (κ3) is 3.47.